The molecule has 20 heavy (non-hydrogen) atoms. The number of ether oxygens (including phenoxy) is 1. The van der Waals surface area contributed by atoms with Gasteiger partial charge in [-0.1, -0.05) is 34.7 Å². The van der Waals surface area contributed by atoms with Gasteiger partial charge in [0.05, 0.1) is 12.9 Å². The van der Waals surface area contributed by atoms with Gasteiger partial charge >= 0.3 is 17.1 Å². The predicted octanol–water partition coefficient (Wildman–Crippen LogP) is 3.54. The minimum atomic E-state index is -2.09. The quantitative estimate of drug-likeness (QED) is 0.480. The number of hydrogen-bond acceptors (Lipinski definition) is 4. The summed E-state index contributed by atoms with van der Waals surface area (Å²) in [4.78, 5) is 0.339. The molecule has 0 amide bonds. The Morgan fingerprint density at radius 3 is 2.05 bits per heavy atom. The molecule has 2 aromatic carbocycles. The Morgan fingerprint density at radius 1 is 1.05 bits per heavy atom. The van der Waals surface area contributed by atoms with Crippen molar-refractivity contribution < 1.29 is 30.2 Å². The SMILES string of the molecule is Cc1ccc([S-](=O)=O)cc1.[CH2-]c1cccc(OC)c1.[Mn+2]. The van der Waals surface area contributed by atoms with Crippen LogP contribution in [0.3, 0.4) is 0 Å². The van der Waals surface area contributed by atoms with Crippen LogP contribution < -0.4 is 4.74 Å². The molecule has 0 unspecified atom stereocenters. The zero-order valence-electron chi connectivity index (χ0n) is 11.3. The molecule has 0 N–H and O–H groups in total. The average molecular weight is 331 g/mol. The third kappa shape index (κ3) is 6.66. The Hall–Kier alpha value is -1.42. The number of methoxy groups -OCH3 is 1. The molecule has 0 spiro atoms. The summed E-state index contributed by atoms with van der Waals surface area (Å²) in [7, 11) is -0.440. The molecule has 5 heteroatoms. The van der Waals surface area contributed by atoms with Crippen LogP contribution >= 0.6 is 0 Å². The number of rotatable bonds is 2. The second-order valence-electron chi connectivity index (χ2n) is 3.90. The van der Waals surface area contributed by atoms with Gasteiger partial charge in [-0.2, -0.15) is 18.6 Å². The fourth-order valence-corrected chi connectivity index (χ4v) is 1.68. The zero-order valence-corrected chi connectivity index (χ0v) is 13.3. The van der Waals surface area contributed by atoms with E-state index >= 15 is 0 Å². The van der Waals surface area contributed by atoms with E-state index in [9.17, 15) is 8.42 Å². The number of hydrogen-bond donors (Lipinski definition) is 0. The van der Waals surface area contributed by atoms with Crippen LogP contribution in [0.1, 0.15) is 11.1 Å². The van der Waals surface area contributed by atoms with Gasteiger partial charge in [-0.3, -0.25) is 0 Å². The summed E-state index contributed by atoms with van der Waals surface area (Å²) >= 11 is 0. The van der Waals surface area contributed by atoms with Crippen LogP contribution in [0.25, 0.3) is 0 Å². The molecule has 2 aromatic rings. The van der Waals surface area contributed by atoms with Crippen LogP contribution in [-0.2, 0) is 36.2 Å². The predicted molar refractivity (Wildman–Crippen MR) is 75.6 cm³/mol. The first-order valence-electron chi connectivity index (χ1n) is 5.65. The summed E-state index contributed by atoms with van der Waals surface area (Å²) in [5.74, 6) is 0.863. The van der Waals surface area contributed by atoms with Crippen molar-refractivity contribution >= 4 is 10.7 Å². The van der Waals surface area contributed by atoms with E-state index in [2.05, 4.69) is 6.92 Å². The second-order valence-corrected chi connectivity index (χ2v) is 4.84. The van der Waals surface area contributed by atoms with E-state index in [4.69, 9.17) is 4.74 Å². The van der Waals surface area contributed by atoms with Gasteiger partial charge in [0.15, 0.2) is 0 Å². The molecular weight excluding hydrogens is 315 g/mol. The fraction of sp³-hybridized carbons (Fsp3) is 0.133. The maximum absolute atomic E-state index is 10.3. The molecule has 0 aromatic heterocycles. The molecule has 0 aliphatic carbocycles. The Morgan fingerprint density at radius 2 is 1.65 bits per heavy atom. The minimum absolute atomic E-state index is 0. The van der Waals surface area contributed by atoms with Crippen LogP contribution in [0.2, 0.25) is 0 Å². The Bertz CT molecular complexity index is 584. The maximum atomic E-state index is 10.3. The normalized spacial score (nSPS) is 9.15. The largest absolute Gasteiger partial charge is 2.00 e. The van der Waals surface area contributed by atoms with Gasteiger partial charge < -0.3 is 13.2 Å². The van der Waals surface area contributed by atoms with Gasteiger partial charge in [0, 0.05) is 0 Å². The Labute approximate surface area is 132 Å². The summed E-state index contributed by atoms with van der Waals surface area (Å²) in [5.41, 5.74) is 2.04. The van der Waals surface area contributed by atoms with Crippen LogP contribution in [-0.4, -0.2) is 7.11 Å². The summed E-state index contributed by atoms with van der Waals surface area (Å²) in [6.45, 7) is 5.66. The van der Waals surface area contributed by atoms with E-state index in [-0.39, 0.29) is 17.1 Å². The number of benzene rings is 2. The van der Waals surface area contributed by atoms with Crippen molar-refractivity contribution in [2.24, 2.45) is 0 Å². The topological polar surface area (TPSA) is 43.4 Å². The van der Waals surface area contributed by atoms with E-state index in [1.807, 2.05) is 31.2 Å². The van der Waals surface area contributed by atoms with Crippen molar-refractivity contribution in [1.29, 1.82) is 0 Å². The zero-order chi connectivity index (χ0) is 14.3. The Balaban J connectivity index is 0.000000345. The van der Waals surface area contributed by atoms with Gasteiger partial charge in [0.2, 0.25) is 0 Å². The molecule has 0 aliphatic rings. The van der Waals surface area contributed by atoms with Gasteiger partial charge in [0.1, 0.15) is 0 Å². The third-order valence-electron chi connectivity index (χ3n) is 2.35. The summed E-state index contributed by atoms with van der Waals surface area (Å²) in [5, 5.41) is 0. The fourth-order valence-electron chi connectivity index (χ4n) is 1.32. The first kappa shape index (κ1) is 18.6. The van der Waals surface area contributed by atoms with Crippen molar-refractivity contribution in [3.63, 3.8) is 0 Å². The monoisotopic (exact) mass is 331 g/mol. The summed E-state index contributed by atoms with van der Waals surface area (Å²) in [6.07, 6.45) is 0. The summed E-state index contributed by atoms with van der Waals surface area (Å²) < 4.78 is 25.6. The van der Waals surface area contributed by atoms with Crippen molar-refractivity contribution in [3.8, 4) is 5.75 Å². The van der Waals surface area contributed by atoms with Gasteiger partial charge in [-0.05, 0) is 23.7 Å². The van der Waals surface area contributed by atoms with Crippen molar-refractivity contribution in [3.05, 3.63) is 66.6 Å². The number of aryl methyl sites for hydroxylation is 1. The third-order valence-corrected chi connectivity index (χ3v) is 3.00. The molecule has 0 bridgehead atoms. The van der Waals surface area contributed by atoms with Gasteiger partial charge in [-0.15, -0.1) is 12.1 Å². The van der Waals surface area contributed by atoms with Crippen molar-refractivity contribution in [2.75, 3.05) is 7.11 Å². The molecule has 0 heterocycles. The van der Waals surface area contributed by atoms with E-state index in [0.29, 0.717) is 4.90 Å². The molecule has 107 valence electrons. The molecule has 0 atom stereocenters. The van der Waals surface area contributed by atoms with E-state index in [1.165, 1.54) is 0 Å². The molecule has 2 rings (SSSR count). The maximum Gasteiger partial charge on any atom is 2.00 e. The first-order chi connectivity index (χ1) is 9.02. The standard InChI is InChI=1S/C8H9O.C7H7O2S.Mn/c1-7-4-3-5-8(6-7)9-2;1-6-2-4-7(5-3-6)10(8)9;/h3-6H,1H2,2H3;2-5H,1H3;/q2*-1;+2. The van der Waals surface area contributed by atoms with E-state index in [1.54, 1.807) is 31.4 Å². The van der Waals surface area contributed by atoms with Crippen LogP contribution in [0.4, 0.5) is 0 Å². The van der Waals surface area contributed by atoms with Crippen LogP contribution in [0.5, 0.6) is 5.75 Å². The first-order valence-corrected chi connectivity index (χ1v) is 6.72. The smallest absolute Gasteiger partial charge is 0.510 e. The molecule has 0 saturated carbocycles. The Kier molecular flexibility index (Phi) is 8.80. The van der Waals surface area contributed by atoms with E-state index in [0.717, 1.165) is 16.9 Å². The molecular formula is C15H16MnO3S. The molecule has 1 radical (unpaired) electrons. The van der Waals surface area contributed by atoms with E-state index < -0.39 is 10.7 Å². The van der Waals surface area contributed by atoms with Crippen LogP contribution in [0, 0.1) is 13.8 Å². The molecule has 3 nitrogen and oxygen atoms in total. The van der Waals surface area contributed by atoms with Crippen molar-refractivity contribution in [1.82, 2.24) is 0 Å². The molecule has 0 aliphatic heterocycles. The average Bonchev–Trinajstić information content (AvgIpc) is 2.40. The van der Waals surface area contributed by atoms with Crippen LogP contribution in [0.15, 0.2) is 53.4 Å². The van der Waals surface area contributed by atoms with Crippen molar-refractivity contribution in [2.45, 2.75) is 11.8 Å². The van der Waals surface area contributed by atoms with Gasteiger partial charge in [-0.25, -0.2) is 0 Å². The van der Waals surface area contributed by atoms with Gasteiger partial charge in [0.25, 0.3) is 0 Å². The second kappa shape index (κ2) is 9.48. The molecule has 0 saturated heterocycles. The molecule has 0 fully saturated rings. The summed E-state index contributed by atoms with van der Waals surface area (Å²) in [6, 6.07) is 14.3. The minimum Gasteiger partial charge on any atom is -0.510 e.